The standard InChI is InChI=1S/C22H21FN2O6S/c1-28-16-9-13(10-17(29-2)21(16)31-4)5-8-19(26)24-22-25(12-20(27)30-3)15-7-6-14(23)11-18(15)32-22/h5-11H,12H2,1-4H3/b8-5-,24-22?. The molecule has 168 valence electrons. The van der Waals surface area contributed by atoms with Gasteiger partial charge in [0.15, 0.2) is 16.3 Å². The van der Waals surface area contributed by atoms with Gasteiger partial charge in [0.1, 0.15) is 12.4 Å². The van der Waals surface area contributed by atoms with Crippen molar-refractivity contribution < 1.29 is 32.9 Å². The molecule has 2 aromatic carbocycles. The molecule has 0 radical (unpaired) electrons. The highest BCUT2D eigenvalue weighted by molar-refractivity contribution is 7.16. The van der Waals surface area contributed by atoms with Crippen LogP contribution < -0.4 is 19.0 Å². The van der Waals surface area contributed by atoms with Crippen LogP contribution in [0.15, 0.2) is 41.4 Å². The molecule has 0 saturated carbocycles. The molecule has 0 N–H and O–H groups in total. The third kappa shape index (κ3) is 4.97. The number of amides is 1. The molecule has 10 heteroatoms. The predicted molar refractivity (Wildman–Crippen MR) is 117 cm³/mol. The zero-order valence-electron chi connectivity index (χ0n) is 17.9. The van der Waals surface area contributed by atoms with Crippen LogP contribution in [-0.4, -0.2) is 44.9 Å². The molecule has 32 heavy (non-hydrogen) atoms. The molecule has 0 atom stereocenters. The van der Waals surface area contributed by atoms with E-state index < -0.39 is 17.7 Å². The summed E-state index contributed by atoms with van der Waals surface area (Å²) in [6.45, 7) is -0.162. The second kappa shape index (κ2) is 10.1. The van der Waals surface area contributed by atoms with Crippen molar-refractivity contribution in [3.8, 4) is 17.2 Å². The van der Waals surface area contributed by atoms with Crippen molar-refractivity contribution in [1.29, 1.82) is 0 Å². The number of benzene rings is 2. The van der Waals surface area contributed by atoms with Gasteiger partial charge in [-0.25, -0.2) is 4.39 Å². The van der Waals surface area contributed by atoms with Crippen LogP contribution in [0.1, 0.15) is 5.56 Å². The second-order valence-electron chi connectivity index (χ2n) is 6.40. The molecule has 0 aliphatic rings. The van der Waals surface area contributed by atoms with E-state index in [0.717, 1.165) is 11.3 Å². The fourth-order valence-electron chi connectivity index (χ4n) is 2.98. The largest absolute Gasteiger partial charge is 0.493 e. The molecule has 3 aromatic rings. The van der Waals surface area contributed by atoms with E-state index in [9.17, 15) is 14.0 Å². The van der Waals surface area contributed by atoms with Gasteiger partial charge in [-0.05, 0) is 42.0 Å². The quantitative estimate of drug-likeness (QED) is 0.398. The summed E-state index contributed by atoms with van der Waals surface area (Å²) >= 11 is 1.09. The zero-order chi connectivity index (χ0) is 23.3. The van der Waals surface area contributed by atoms with E-state index in [-0.39, 0.29) is 11.3 Å². The third-order valence-corrected chi connectivity index (χ3v) is 5.51. The summed E-state index contributed by atoms with van der Waals surface area (Å²) < 4.78 is 36.3. The van der Waals surface area contributed by atoms with Gasteiger partial charge in [-0.3, -0.25) is 9.59 Å². The van der Waals surface area contributed by atoms with Crippen molar-refractivity contribution in [2.75, 3.05) is 28.4 Å². The summed E-state index contributed by atoms with van der Waals surface area (Å²) in [5.41, 5.74) is 1.20. The van der Waals surface area contributed by atoms with Crippen molar-refractivity contribution in [3.63, 3.8) is 0 Å². The van der Waals surface area contributed by atoms with Gasteiger partial charge in [0.05, 0.1) is 38.7 Å². The van der Waals surface area contributed by atoms with Crippen LogP contribution in [0.25, 0.3) is 16.3 Å². The van der Waals surface area contributed by atoms with E-state index in [1.54, 1.807) is 18.2 Å². The lowest BCUT2D eigenvalue weighted by Gasteiger charge is -2.12. The Morgan fingerprint density at radius 1 is 1.06 bits per heavy atom. The van der Waals surface area contributed by atoms with Crippen molar-refractivity contribution >= 4 is 39.5 Å². The average Bonchev–Trinajstić information content (AvgIpc) is 3.12. The summed E-state index contributed by atoms with van der Waals surface area (Å²) in [6.07, 6.45) is 2.82. The highest BCUT2D eigenvalue weighted by Gasteiger charge is 2.13. The zero-order valence-corrected chi connectivity index (χ0v) is 18.7. The molecular formula is C22H21FN2O6S. The van der Waals surface area contributed by atoms with Crippen molar-refractivity contribution in [2.24, 2.45) is 4.99 Å². The number of halogens is 1. The Balaban J connectivity index is 1.99. The molecule has 3 rings (SSSR count). The summed E-state index contributed by atoms with van der Waals surface area (Å²) in [5.74, 6) is -0.189. The smallest absolute Gasteiger partial charge is 0.325 e. The van der Waals surface area contributed by atoms with Gasteiger partial charge in [0, 0.05) is 6.08 Å². The van der Waals surface area contributed by atoms with E-state index in [1.165, 1.54) is 57.3 Å². The van der Waals surface area contributed by atoms with Gasteiger partial charge in [0.2, 0.25) is 5.75 Å². The van der Waals surface area contributed by atoms with Gasteiger partial charge in [-0.15, -0.1) is 0 Å². The Morgan fingerprint density at radius 3 is 2.34 bits per heavy atom. The summed E-state index contributed by atoms with van der Waals surface area (Å²) in [4.78, 5) is 28.7. The van der Waals surface area contributed by atoms with Gasteiger partial charge in [-0.1, -0.05) is 11.3 Å². The number of methoxy groups -OCH3 is 4. The van der Waals surface area contributed by atoms with Crippen molar-refractivity contribution in [3.05, 3.63) is 52.6 Å². The molecular weight excluding hydrogens is 439 g/mol. The van der Waals surface area contributed by atoms with E-state index >= 15 is 0 Å². The van der Waals surface area contributed by atoms with Gasteiger partial charge < -0.3 is 23.5 Å². The molecule has 1 amide bonds. The maximum absolute atomic E-state index is 13.6. The first kappa shape index (κ1) is 23.0. The van der Waals surface area contributed by atoms with Gasteiger partial charge >= 0.3 is 5.97 Å². The van der Waals surface area contributed by atoms with Crippen molar-refractivity contribution in [2.45, 2.75) is 6.54 Å². The molecule has 0 spiro atoms. The molecule has 8 nitrogen and oxygen atoms in total. The first-order chi connectivity index (χ1) is 15.4. The number of hydrogen-bond donors (Lipinski definition) is 0. The molecule has 1 aromatic heterocycles. The normalized spacial score (nSPS) is 11.7. The van der Waals surface area contributed by atoms with E-state index in [0.29, 0.717) is 33.0 Å². The number of carbonyl (C=O) groups excluding carboxylic acids is 2. The maximum Gasteiger partial charge on any atom is 0.325 e. The lowest BCUT2D eigenvalue weighted by molar-refractivity contribution is -0.141. The Hall–Kier alpha value is -3.66. The Kier molecular flexibility index (Phi) is 7.26. The minimum Gasteiger partial charge on any atom is -0.493 e. The third-order valence-electron chi connectivity index (χ3n) is 4.47. The first-order valence-electron chi connectivity index (χ1n) is 9.32. The number of esters is 1. The highest BCUT2D eigenvalue weighted by Crippen LogP contribution is 2.38. The molecule has 1 heterocycles. The van der Waals surface area contributed by atoms with Crippen LogP contribution >= 0.6 is 11.3 Å². The van der Waals surface area contributed by atoms with Crippen LogP contribution in [0, 0.1) is 5.82 Å². The fraction of sp³-hybridized carbons (Fsp3) is 0.227. The molecule has 0 bridgehead atoms. The number of aromatic nitrogens is 1. The molecule has 0 unspecified atom stereocenters. The average molecular weight is 460 g/mol. The summed E-state index contributed by atoms with van der Waals surface area (Å²) in [7, 11) is 5.75. The van der Waals surface area contributed by atoms with Gasteiger partial charge in [-0.2, -0.15) is 4.99 Å². The summed E-state index contributed by atoms with van der Waals surface area (Å²) in [6, 6.07) is 7.50. The Labute approximate surface area is 187 Å². The number of fused-ring (bicyclic) bond motifs is 1. The Bertz CT molecular complexity index is 1240. The Morgan fingerprint density at radius 2 is 1.75 bits per heavy atom. The van der Waals surface area contributed by atoms with Crippen LogP contribution in [0.3, 0.4) is 0 Å². The van der Waals surface area contributed by atoms with Crippen LogP contribution in [0.5, 0.6) is 17.2 Å². The van der Waals surface area contributed by atoms with Crippen LogP contribution in [-0.2, 0) is 20.9 Å². The topological polar surface area (TPSA) is 88.4 Å². The highest BCUT2D eigenvalue weighted by atomic mass is 32.1. The predicted octanol–water partition coefficient (Wildman–Crippen LogP) is 3.18. The monoisotopic (exact) mass is 460 g/mol. The first-order valence-corrected chi connectivity index (χ1v) is 10.1. The molecule has 0 aliphatic heterocycles. The number of thiazole rings is 1. The molecule has 0 saturated heterocycles. The minimum atomic E-state index is -0.565. The van der Waals surface area contributed by atoms with E-state index in [4.69, 9.17) is 18.9 Å². The lowest BCUT2D eigenvalue weighted by atomic mass is 10.1. The van der Waals surface area contributed by atoms with Gasteiger partial charge in [0.25, 0.3) is 5.91 Å². The minimum absolute atomic E-state index is 0.162. The number of hydrogen-bond acceptors (Lipinski definition) is 7. The van der Waals surface area contributed by atoms with E-state index in [2.05, 4.69) is 4.99 Å². The number of nitrogens with zero attached hydrogens (tertiary/aromatic N) is 2. The lowest BCUT2D eigenvalue weighted by Crippen LogP contribution is -2.22. The SMILES string of the molecule is COC(=O)Cn1c(=NC(=O)/C=C\c2cc(OC)c(OC)c(OC)c2)sc2cc(F)ccc21. The van der Waals surface area contributed by atoms with Crippen LogP contribution in [0.2, 0.25) is 0 Å². The second-order valence-corrected chi connectivity index (χ2v) is 7.41. The number of rotatable bonds is 7. The number of carbonyl (C=O) groups is 2. The molecule has 0 fully saturated rings. The van der Waals surface area contributed by atoms with Crippen LogP contribution in [0.4, 0.5) is 4.39 Å². The number of ether oxygens (including phenoxy) is 4. The van der Waals surface area contributed by atoms with E-state index in [1.807, 2.05) is 0 Å². The molecule has 0 aliphatic carbocycles. The van der Waals surface area contributed by atoms with Crippen molar-refractivity contribution in [1.82, 2.24) is 4.57 Å². The maximum atomic E-state index is 13.6. The summed E-state index contributed by atoms with van der Waals surface area (Å²) in [5, 5.41) is 0. The fourth-order valence-corrected chi connectivity index (χ4v) is 4.04.